The summed E-state index contributed by atoms with van der Waals surface area (Å²) in [5, 5.41) is 7.65. The number of hydrogen-bond donors (Lipinski definition) is 1. The molecule has 1 aromatic heterocycles. The Balaban J connectivity index is 2.59. The monoisotopic (exact) mass is 252 g/mol. The van der Waals surface area contributed by atoms with E-state index in [0.29, 0.717) is 5.82 Å². The van der Waals surface area contributed by atoms with E-state index in [2.05, 4.69) is 26.2 Å². The van der Waals surface area contributed by atoms with Crippen molar-refractivity contribution < 1.29 is 0 Å². The molecular formula is C9H9BrN4. The molecule has 0 radical (unpaired) electrons. The van der Waals surface area contributed by atoms with Crippen LogP contribution in [0.15, 0.2) is 28.7 Å². The standard InChI is InChI=1S/C9H9BrN4/c1-14-8(9(11)12-13-14)6-3-2-4-7(10)5-6/h2-5H,11H2,1H3. The Morgan fingerprint density at radius 1 is 1.43 bits per heavy atom. The summed E-state index contributed by atoms with van der Waals surface area (Å²) in [7, 11) is 1.82. The van der Waals surface area contributed by atoms with Crippen LogP contribution in [0.5, 0.6) is 0 Å². The van der Waals surface area contributed by atoms with Crippen molar-refractivity contribution in [2.24, 2.45) is 7.05 Å². The summed E-state index contributed by atoms with van der Waals surface area (Å²) in [5.74, 6) is 0.450. The average molecular weight is 253 g/mol. The fourth-order valence-electron chi connectivity index (χ4n) is 1.34. The van der Waals surface area contributed by atoms with Crippen molar-refractivity contribution in [1.29, 1.82) is 0 Å². The number of nitrogens with two attached hydrogens (primary N) is 1. The molecular weight excluding hydrogens is 244 g/mol. The first-order valence-corrected chi connectivity index (χ1v) is 4.89. The molecule has 0 aliphatic rings. The van der Waals surface area contributed by atoms with E-state index in [0.717, 1.165) is 15.7 Å². The summed E-state index contributed by atoms with van der Waals surface area (Å²) < 4.78 is 2.67. The van der Waals surface area contributed by atoms with E-state index in [1.165, 1.54) is 0 Å². The van der Waals surface area contributed by atoms with Crippen LogP contribution >= 0.6 is 15.9 Å². The lowest BCUT2D eigenvalue weighted by Crippen LogP contribution is -1.95. The van der Waals surface area contributed by atoms with Crippen LogP contribution in [0.4, 0.5) is 5.82 Å². The van der Waals surface area contributed by atoms with Gasteiger partial charge in [0.1, 0.15) is 5.69 Å². The van der Waals surface area contributed by atoms with Gasteiger partial charge in [-0.3, -0.25) is 0 Å². The molecule has 0 fully saturated rings. The van der Waals surface area contributed by atoms with Crippen LogP contribution in [0, 0.1) is 0 Å². The highest BCUT2D eigenvalue weighted by Gasteiger charge is 2.09. The van der Waals surface area contributed by atoms with Gasteiger partial charge in [-0.15, -0.1) is 5.10 Å². The number of halogens is 1. The van der Waals surface area contributed by atoms with E-state index in [9.17, 15) is 0 Å². The fraction of sp³-hybridized carbons (Fsp3) is 0.111. The molecule has 0 aliphatic carbocycles. The van der Waals surface area contributed by atoms with Gasteiger partial charge in [-0.2, -0.15) is 0 Å². The molecule has 72 valence electrons. The van der Waals surface area contributed by atoms with E-state index in [-0.39, 0.29) is 0 Å². The van der Waals surface area contributed by atoms with Gasteiger partial charge in [0.15, 0.2) is 5.82 Å². The van der Waals surface area contributed by atoms with Crippen LogP contribution in [0.25, 0.3) is 11.3 Å². The van der Waals surface area contributed by atoms with Crippen LogP contribution in [0.1, 0.15) is 0 Å². The van der Waals surface area contributed by atoms with Gasteiger partial charge in [0.05, 0.1) is 0 Å². The molecule has 0 spiro atoms. The number of aromatic nitrogens is 3. The van der Waals surface area contributed by atoms with Crippen molar-refractivity contribution in [1.82, 2.24) is 15.0 Å². The number of benzene rings is 1. The first-order valence-electron chi connectivity index (χ1n) is 4.09. The maximum atomic E-state index is 5.71. The highest BCUT2D eigenvalue weighted by molar-refractivity contribution is 9.10. The highest BCUT2D eigenvalue weighted by atomic mass is 79.9. The van der Waals surface area contributed by atoms with Gasteiger partial charge in [0.2, 0.25) is 0 Å². The van der Waals surface area contributed by atoms with Crippen molar-refractivity contribution in [3.63, 3.8) is 0 Å². The molecule has 2 aromatic rings. The number of rotatable bonds is 1. The number of nitrogens with zero attached hydrogens (tertiary/aromatic N) is 3. The minimum Gasteiger partial charge on any atom is -0.380 e. The van der Waals surface area contributed by atoms with Crippen molar-refractivity contribution in [3.05, 3.63) is 28.7 Å². The zero-order valence-corrected chi connectivity index (χ0v) is 9.19. The fourth-order valence-corrected chi connectivity index (χ4v) is 1.74. The molecule has 0 unspecified atom stereocenters. The summed E-state index contributed by atoms with van der Waals surface area (Å²) in [6, 6.07) is 7.87. The second kappa shape index (κ2) is 3.42. The Labute approximate surface area is 89.9 Å². The highest BCUT2D eigenvalue weighted by Crippen LogP contribution is 2.25. The molecule has 2 rings (SSSR count). The molecule has 0 aliphatic heterocycles. The number of aryl methyl sites for hydroxylation is 1. The maximum absolute atomic E-state index is 5.71. The second-order valence-electron chi connectivity index (χ2n) is 2.96. The third-order valence-electron chi connectivity index (χ3n) is 1.95. The summed E-state index contributed by atoms with van der Waals surface area (Å²) in [6.07, 6.45) is 0. The van der Waals surface area contributed by atoms with E-state index < -0.39 is 0 Å². The smallest absolute Gasteiger partial charge is 0.174 e. The van der Waals surface area contributed by atoms with Gasteiger partial charge in [-0.1, -0.05) is 33.3 Å². The molecule has 0 atom stereocenters. The van der Waals surface area contributed by atoms with E-state index >= 15 is 0 Å². The van der Waals surface area contributed by atoms with Crippen LogP contribution in [-0.2, 0) is 7.05 Å². The SMILES string of the molecule is Cn1nnc(N)c1-c1cccc(Br)c1. The third kappa shape index (κ3) is 1.50. The molecule has 0 saturated carbocycles. The first-order chi connectivity index (χ1) is 6.68. The third-order valence-corrected chi connectivity index (χ3v) is 2.44. The molecule has 4 nitrogen and oxygen atoms in total. The van der Waals surface area contributed by atoms with Gasteiger partial charge in [0.25, 0.3) is 0 Å². The second-order valence-corrected chi connectivity index (χ2v) is 3.87. The van der Waals surface area contributed by atoms with Crippen molar-refractivity contribution in [3.8, 4) is 11.3 Å². The van der Waals surface area contributed by atoms with Gasteiger partial charge in [-0.25, -0.2) is 4.68 Å². The Kier molecular flexibility index (Phi) is 2.25. The lowest BCUT2D eigenvalue weighted by molar-refractivity contribution is 0.721. The normalized spacial score (nSPS) is 10.4. The van der Waals surface area contributed by atoms with Gasteiger partial charge in [-0.05, 0) is 12.1 Å². The zero-order valence-electron chi connectivity index (χ0n) is 7.61. The summed E-state index contributed by atoms with van der Waals surface area (Å²) in [5.41, 5.74) is 7.56. The lowest BCUT2D eigenvalue weighted by Gasteiger charge is -2.02. The summed E-state index contributed by atoms with van der Waals surface area (Å²) in [4.78, 5) is 0. The summed E-state index contributed by atoms with van der Waals surface area (Å²) in [6.45, 7) is 0. The predicted molar refractivity (Wildman–Crippen MR) is 58.6 cm³/mol. The van der Waals surface area contributed by atoms with Crippen molar-refractivity contribution in [2.45, 2.75) is 0 Å². The summed E-state index contributed by atoms with van der Waals surface area (Å²) >= 11 is 3.41. The van der Waals surface area contributed by atoms with E-state index in [4.69, 9.17) is 5.73 Å². The quantitative estimate of drug-likeness (QED) is 0.843. The van der Waals surface area contributed by atoms with Crippen molar-refractivity contribution >= 4 is 21.7 Å². The predicted octanol–water partition coefficient (Wildman–Crippen LogP) is 1.83. The molecule has 0 bridgehead atoms. The van der Waals surface area contributed by atoms with Crippen LogP contribution in [-0.4, -0.2) is 15.0 Å². The Bertz CT molecular complexity index is 444. The number of hydrogen-bond acceptors (Lipinski definition) is 3. The molecule has 5 heteroatoms. The van der Waals surface area contributed by atoms with Crippen molar-refractivity contribution in [2.75, 3.05) is 5.73 Å². The molecule has 1 heterocycles. The first kappa shape index (κ1) is 9.21. The molecule has 2 N–H and O–H groups in total. The largest absolute Gasteiger partial charge is 0.380 e. The van der Waals surface area contributed by atoms with Gasteiger partial charge >= 0.3 is 0 Å². The van der Waals surface area contributed by atoms with Crippen LogP contribution in [0.2, 0.25) is 0 Å². The van der Waals surface area contributed by atoms with Gasteiger partial charge in [0, 0.05) is 17.1 Å². The zero-order chi connectivity index (χ0) is 10.1. The Morgan fingerprint density at radius 3 is 2.79 bits per heavy atom. The van der Waals surface area contributed by atoms with Crippen LogP contribution in [0.3, 0.4) is 0 Å². The van der Waals surface area contributed by atoms with E-state index in [1.807, 2.05) is 31.3 Å². The topological polar surface area (TPSA) is 56.7 Å². The van der Waals surface area contributed by atoms with Gasteiger partial charge < -0.3 is 5.73 Å². The molecule has 0 amide bonds. The minimum absolute atomic E-state index is 0.450. The number of nitrogen functional groups attached to an aromatic ring is 1. The minimum atomic E-state index is 0.450. The van der Waals surface area contributed by atoms with Crippen LogP contribution < -0.4 is 5.73 Å². The molecule has 0 saturated heterocycles. The lowest BCUT2D eigenvalue weighted by atomic mass is 10.1. The molecule has 1 aromatic carbocycles. The molecule has 14 heavy (non-hydrogen) atoms. The maximum Gasteiger partial charge on any atom is 0.174 e. The Hall–Kier alpha value is -1.36. The number of anilines is 1. The Morgan fingerprint density at radius 2 is 2.21 bits per heavy atom. The van der Waals surface area contributed by atoms with E-state index in [1.54, 1.807) is 4.68 Å². The average Bonchev–Trinajstić information content (AvgIpc) is 2.46.